The summed E-state index contributed by atoms with van der Waals surface area (Å²) >= 11 is 0. The molecule has 3 heterocycles. The number of halogens is 3. The van der Waals surface area contributed by atoms with Crippen LogP contribution in [0, 0.1) is 24.4 Å². The fraction of sp³-hybridized carbons (Fsp3) is 0.269. The average Bonchev–Trinajstić information content (AvgIpc) is 3.21. The van der Waals surface area contributed by atoms with Gasteiger partial charge in [0.25, 0.3) is 0 Å². The molecule has 1 saturated heterocycles. The quantitative estimate of drug-likeness (QED) is 0.353. The van der Waals surface area contributed by atoms with Gasteiger partial charge in [-0.1, -0.05) is 6.07 Å². The monoisotopic (exact) mass is 511 g/mol. The molecular weight excluding hydrogens is 487 g/mol. The molecule has 192 valence electrons. The van der Waals surface area contributed by atoms with Crippen molar-refractivity contribution in [2.45, 2.75) is 26.5 Å². The third-order valence-corrected chi connectivity index (χ3v) is 6.12. The van der Waals surface area contributed by atoms with Crippen molar-refractivity contribution < 1.29 is 22.6 Å². The van der Waals surface area contributed by atoms with E-state index in [1.165, 1.54) is 18.2 Å². The zero-order valence-electron chi connectivity index (χ0n) is 20.2. The fourth-order valence-corrected chi connectivity index (χ4v) is 4.04. The van der Waals surface area contributed by atoms with Crippen molar-refractivity contribution in [2.24, 2.45) is 0 Å². The van der Waals surface area contributed by atoms with Crippen molar-refractivity contribution in [2.75, 3.05) is 24.6 Å². The number of rotatable bonds is 8. The molecule has 0 atom stereocenters. The van der Waals surface area contributed by atoms with Gasteiger partial charge < -0.3 is 14.4 Å². The minimum absolute atomic E-state index is 0.0410. The van der Waals surface area contributed by atoms with E-state index in [1.54, 1.807) is 12.3 Å². The highest BCUT2D eigenvalue weighted by Crippen LogP contribution is 2.32. The van der Waals surface area contributed by atoms with Crippen LogP contribution in [0.3, 0.4) is 0 Å². The number of aromatic nitrogens is 4. The Kier molecular flexibility index (Phi) is 6.70. The van der Waals surface area contributed by atoms with Crippen molar-refractivity contribution >= 4 is 5.82 Å². The first-order chi connectivity index (χ1) is 17.8. The van der Waals surface area contributed by atoms with Gasteiger partial charge in [0.05, 0.1) is 18.3 Å². The molecular formula is C26H24F3N5O3. The van der Waals surface area contributed by atoms with Gasteiger partial charge in [-0.25, -0.2) is 22.9 Å². The summed E-state index contributed by atoms with van der Waals surface area (Å²) in [5.41, 5.74) is -0.0789. The molecule has 4 aromatic rings. The summed E-state index contributed by atoms with van der Waals surface area (Å²) < 4.78 is 56.4. The van der Waals surface area contributed by atoms with Crippen LogP contribution in [0.15, 0.2) is 59.8 Å². The van der Waals surface area contributed by atoms with Crippen LogP contribution in [0.5, 0.6) is 11.5 Å². The highest BCUT2D eigenvalue weighted by atomic mass is 19.1. The van der Waals surface area contributed by atoms with Crippen molar-refractivity contribution in [1.82, 2.24) is 19.3 Å². The zero-order chi connectivity index (χ0) is 26.1. The number of hydrogen-bond acceptors (Lipinski definition) is 6. The first-order valence-electron chi connectivity index (χ1n) is 11.7. The van der Waals surface area contributed by atoms with E-state index in [0.717, 1.165) is 52.4 Å². The van der Waals surface area contributed by atoms with Crippen molar-refractivity contribution in [1.29, 1.82) is 0 Å². The smallest absolute Gasteiger partial charge is 0.350 e. The summed E-state index contributed by atoms with van der Waals surface area (Å²) in [6.07, 6.45) is 2.97. The van der Waals surface area contributed by atoms with Gasteiger partial charge in [-0.05, 0) is 38.1 Å². The van der Waals surface area contributed by atoms with Crippen LogP contribution in [0.25, 0.3) is 5.69 Å². The highest BCUT2D eigenvalue weighted by Gasteiger charge is 2.28. The minimum Gasteiger partial charge on any atom is -0.454 e. The number of nitrogens with zero attached hydrogens (tertiary/aromatic N) is 5. The Morgan fingerprint density at radius 1 is 1.03 bits per heavy atom. The number of benzene rings is 2. The molecule has 8 nitrogen and oxygen atoms in total. The maximum Gasteiger partial charge on any atom is 0.350 e. The summed E-state index contributed by atoms with van der Waals surface area (Å²) in [7, 11) is 0. The number of hydrogen-bond donors (Lipinski definition) is 0. The lowest BCUT2D eigenvalue weighted by Crippen LogP contribution is -2.52. The van der Waals surface area contributed by atoms with Crippen LogP contribution in [0.1, 0.15) is 18.1 Å². The molecule has 1 fully saturated rings. The van der Waals surface area contributed by atoms with Gasteiger partial charge in [0.1, 0.15) is 29.5 Å². The van der Waals surface area contributed by atoms with Gasteiger partial charge in [-0.3, -0.25) is 4.57 Å². The van der Waals surface area contributed by atoms with Crippen LogP contribution >= 0.6 is 0 Å². The van der Waals surface area contributed by atoms with E-state index in [0.29, 0.717) is 18.2 Å². The van der Waals surface area contributed by atoms with E-state index >= 15 is 4.39 Å². The van der Waals surface area contributed by atoms with Gasteiger partial charge in [-0.2, -0.15) is 9.78 Å². The first kappa shape index (κ1) is 24.6. The Morgan fingerprint density at radius 2 is 1.78 bits per heavy atom. The molecule has 0 N–H and O–H groups in total. The predicted octanol–water partition coefficient (Wildman–Crippen LogP) is 4.22. The third-order valence-electron chi connectivity index (χ3n) is 6.12. The number of anilines is 1. The molecule has 0 saturated carbocycles. The van der Waals surface area contributed by atoms with Crippen LogP contribution in [0.2, 0.25) is 0 Å². The molecule has 1 aliphatic heterocycles. The zero-order valence-corrected chi connectivity index (χ0v) is 20.2. The Hall–Kier alpha value is -4.12. The standard InChI is InChI=1S/C26H24F3N5O3/c1-3-36-18-12-32(13-18)25-10-24(16(2)11-30-25)37-23-8-7-17(9-22(23)29)34-26(35)33(15-31-34)14-19-20(27)5-4-6-21(19)28/h4-11,15,18H,3,12-14H2,1-2H3. The van der Waals surface area contributed by atoms with Crippen molar-refractivity contribution in [3.05, 3.63) is 94.1 Å². The summed E-state index contributed by atoms with van der Waals surface area (Å²) in [4.78, 5) is 19.2. The Bertz CT molecular complexity index is 1480. The van der Waals surface area contributed by atoms with Gasteiger partial charge in [0.2, 0.25) is 0 Å². The van der Waals surface area contributed by atoms with E-state index in [-0.39, 0.29) is 29.6 Å². The van der Waals surface area contributed by atoms with E-state index in [4.69, 9.17) is 9.47 Å². The molecule has 1 aliphatic rings. The van der Waals surface area contributed by atoms with Crippen LogP contribution in [0.4, 0.5) is 19.0 Å². The van der Waals surface area contributed by atoms with E-state index in [9.17, 15) is 13.6 Å². The number of aryl methyl sites for hydroxylation is 1. The summed E-state index contributed by atoms with van der Waals surface area (Å²) in [5, 5.41) is 3.97. The number of pyridine rings is 1. The van der Waals surface area contributed by atoms with E-state index in [2.05, 4.69) is 10.1 Å². The van der Waals surface area contributed by atoms with Crippen molar-refractivity contribution in [3.8, 4) is 17.2 Å². The predicted molar refractivity (Wildman–Crippen MR) is 130 cm³/mol. The third kappa shape index (κ3) is 4.94. The molecule has 0 bridgehead atoms. The van der Waals surface area contributed by atoms with Gasteiger partial charge in [-0.15, -0.1) is 0 Å². The lowest BCUT2D eigenvalue weighted by molar-refractivity contribution is 0.0427. The Morgan fingerprint density at radius 3 is 2.49 bits per heavy atom. The molecule has 0 amide bonds. The summed E-state index contributed by atoms with van der Waals surface area (Å²) in [6.45, 7) is 5.50. The van der Waals surface area contributed by atoms with E-state index < -0.39 is 23.1 Å². The van der Waals surface area contributed by atoms with Crippen LogP contribution in [-0.2, 0) is 11.3 Å². The second-order valence-electron chi connectivity index (χ2n) is 8.66. The van der Waals surface area contributed by atoms with Gasteiger partial charge in [0, 0.05) is 49.2 Å². The average molecular weight is 512 g/mol. The lowest BCUT2D eigenvalue weighted by Gasteiger charge is -2.39. The van der Waals surface area contributed by atoms with E-state index in [1.807, 2.05) is 18.7 Å². The first-order valence-corrected chi connectivity index (χ1v) is 11.7. The summed E-state index contributed by atoms with van der Waals surface area (Å²) in [5.74, 6) is -1.14. The van der Waals surface area contributed by atoms with Crippen LogP contribution < -0.4 is 15.3 Å². The maximum absolute atomic E-state index is 15.0. The minimum atomic E-state index is -0.773. The Balaban J connectivity index is 1.34. The van der Waals surface area contributed by atoms with Gasteiger partial charge >= 0.3 is 5.69 Å². The molecule has 5 rings (SSSR count). The van der Waals surface area contributed by atoms with Gasteiger partial charge in [0.15, 0.2) is 11.6 Å². The molecule has 2 aromatic carbocycles. The molecule has 0 unspecified atom stereocenters. The lowest BCUT2D eigenvalue weighted by atomic mass is 10.1. The largest absolute Gasteiger partial charge is 0.454 e. The Labute approximate surface area is 210 Å². The molecule has 0 spiro atoms. The topological polar surface area (TPSA) is 74.4 Å². The second-order valence-corrected chi connectivity index (χ2v) is 8.66. The van der Waals surface area contributed by atoms with Crippen LogP contribution in [-0.4, -0.2) is 45.1 Å². The number of ether oxygens (including phenoxy) is 2. The summed E-state index contributed by atoms with van der Waals surface area (Å²) in [6, 6.07) is 9.18. The highest BCUT2D eigenvalue weighted by molar-refractivity contribution is 5.51. The normalized spacial score (nSPS) is 13.6. The molecule has 11 heteroatoms. The second kappa shape index (κ2) is 10.1. The molecule has 0 aliphatic carbocycles. The SMILES string of the molecule is CCOC1CN(c2cc(Oc3ccc(-n4ncn(Cc5c(F)cccc5F)c4=O)cc3F)c(C)cn2)C1. The van der Waals surface area contributed by atoms with Crippen molar-refractivity contribution in [3.63, 3.8) is 0 Å². The molecule has 37 heavy (non-hydrogen) atoms. The maximum atomic E-state index is 15.0. The fourth-order valence-electron chi connectivity index (χ4n) is 4.04. The molecule has 2 aromatic heterocycles. The molecule has 0 radical (unpaired) electrons.